The Morgan fingerprint density at radius 2 is 2.04 bits per heavy atom. The number of esters is 1. The quantitative estimate of drug-likeness (QED) is 0.523. The predicted octanol–water partition coefficient (Wildman–Crippen LogP) is 1.98. The van der Waals surface area contributed by atoms with E-state index in [1.807, 2.05) is 13.8 Å². The summed E-state index contributed by atoms with van der Waals surface area (Å²) in [6, 6.07) is 4.86. The first-order chi connectivity index (χ1) is 13.0. The molecule has 0 radical (unpaired) electrons. The molecular weight excluding hydrogens is 352 g/mol. The maximum absolute atomic E-state index is 11.8. The van der Waals surface area contributed by atoms with Gasteiger partial charge in [0.2, 0.25) is 0 Å². The molecule has 3 amide bonds. The van der Waals surface area contributed by atoms with Crippen molar-refractivity contribution in [2.75, 3.05) is 32.9 Å². The standard InChI is InChI=1S/C19H24N2O6/c1-3-11-26-15-7-5-14(12-16(15)25-4-2)6-8-18(23)27-13-17(22)21-10-9-20-19(21)24/h5-8,12H,3-4,9-11,13H2,1-2H3,(H,20,24)/b8-6+. The summed E-state index contributed by atoms with van der Waals surface area (Å²) >= 11 is 0. The number of benzene rings is 1. The lowest BCUT2D eigenvalue weighted by molar-refractivity contribution is -0.146. The van der Waals surface area contributed by atoms with Crippen molar-refractivity contribution < 1.29 is 28.6 Å². The number of urea groups is 1. The number of rotatable bonds is 9. The van der Waals surface area contributed by atoms with Crippen molar-refractivity contribution in [3.63, 3.8) is 0 Å². The summed E-state index contributed by atoms with van der Waals surface area (Å²) in [5.41, 5.74) is 0.726. The van der Waals surface area contributed by atoms with Gasteiger partial charge in [-0.1, -0.05) is 13.0 Å². The monoisotopic (exact) mass is 376 g/mol. The predicted molar refractivity (Wildman–Crippen MR) is 98.5 cm³/mol. The van der Waals surface area contributed by atoms with Crippen LogP contribution in [0.1, 0.15) is 25.8 Å². The Bertz CT molecular complexity index is 716. The zero-order valence-electron chi connectivity index (χ0n) is 15.5. The molecule has 146 valence electrons. The van der Waals surface area contributed by atoms with Crippen LogP contribution in [-0.4, -0.2) is 55.7 Å². The zero-order valence-corrected chi connectivity index (χ0v) is 15.5. The van der Waals surface area contributed by atoms with Gasteiger partial charge in [-0.15, -0.1) is 0 Å². The van der Waals surface area contributed by atoms with Crippen LogP contribution in [0.25, 0.3) is 6.08 Å². The average molecular weight is 376 g/mol. The van der Waals surface area contributed by atoms with Gasteiger partial charge in [0.25, 0.3) is 5.91 Å². The van der Waals surface area contributed by atoms with Gasteiger partial charge in [-0.05, 0) is 37.1 Å². The molecule has 0 aliphatic carbocycles. The second kappa shape index (κ2) is 10.2. The largest absolute Gasteiger partial charge is 0.490 e. The Kier molecular flexibility index (Phi) is 7.66. The van der Waals surface area contributed by atoms with Crippen molar-refractivity contribution in [2.24, 2.45) is 0 Å². The summed E-state index contributed by atoms with van der Waals surface area (Å²) in [5.74, 6) is 0.0136. The van der Waals surface area contributed by atoms with Crippen LogP contribution in [0, 0.1) is 0 Å². The van der Waals surface area contributed by atoms with Crippen LogP contribution < -0.4 is 14.8 Å². The molecule has 1 aromatic carbocycles. The number of hydrogen-bond donors (Lipinski definition) is 1. The third-order valence-corrected chi connectivity index (χ3v) is 3.64. The highest BCUT2D eigenvalue weighted by atomic mass is 16.5. The Labute approximate surface area is 158 Å². The van der Waals surface area contributed by atoms with Gasteiger partial charge in [-0.2, -0.15) is 0 Å². The van der Waals surface area contributed by atoms with Crippen molar-refractivity contribution >= 4 is 24.0 Å². The van der Waals surface area contributed by atoms with Gasteiger partial charge in [0, 0.05) is 19.2 Å². The first-order valence-corrected chi connectivity index (χ1v) is 8.87. The molecule has 27 heavy (non-hydrogen) atoms. The van der Waals surface area contributed by atoms with Gasteiger partial charge < -0.3 is 19.5 Å². The minimum atomic E-state index is -0.674. The normalized spacial score (nSPS) is 13.6. The Hall–Kier alpha value is -3.03. The second-order valence-electron chi connectivity index (χ2n) is 5.71. The van der Waals surface area contributed by atoms with Gasteiger partial charge in [-0.3, -0.25) is 9.69 Å². The highest BCUT2D eigenvalue weighted by Gasteiger charge is 2.26. The Balaban J connectivity index is 1.91. The number of imide groups is 1. The minimum absolute atomic E-state index is 0.276. The molecule has 0 unspecified atom stereocenters. The fraction of sp³-hybridized carbons (Fsp3) is 0.421. The molecule has 1 heterocycles. The Morgan fingerprint density at radius 3 is 2.70 bits per heavy atom. The fourth-order valence-corrected chi connectivity index (χ4v) is 2.36. The summed E-state index contributed by atoms with van der Waals surface area (Å²) in [7, 11) is 0. The Morgan fingerprint density at radius 1 is 1.22 bits per heavy atom. The number of amides is 3. The summed E-state index contributed by atoms with van der Waals surface area (Å²) in [5, 5.41) is 2.51. The summed E-state index contributed by atoms with van der Waals surface area (Å²) in [6.45, 7) is 5.17. The summed E-state index contributed by atoms with van der Waals surface area (Å²) in [4.78, 5) is 36.0. The lowest BCUT2D eigenvalue weighted by Gasteiger charge is -2.12. The van der Waals surface area contributed by atoms with Crippen molar-refractivity contribution in [3.8, 4) is 11.5 Å². The highest BCUT2D eigenvalue weighted by molar-refractivity contribution is 5.97. The molecule has 1 aromatic rings. The average Bonchev–Trinajstić information content (AvgIpc) is 3.10. The molecule has 1 fully saturated rings. The molecule has 2 rings (SSSR count). The van der Waals surface area contributed by atoms with E-state index in [0.717, 1.165) is 16.9 Å². The number of nitrogens with one attached hydrogen (secondary N) is 1. The number of hydrogen-bond acceptors (Lipinski definition) is 6. The molecule has 0 saturated carbocycles. The van der Waals surface area contributed by atoms with Gasteiger partial charge >= 0.3 is 12.0 Å². The van der Waals surface area contributed by atoms with Crippen LogP contribution in [-0.2, 0) is 14.3 Å². The molecule has 1 aliphatic rings. The van der Waals surface area contributed by atoms with Gasteiger partial charge in [0.1, 0.15) is 0 Å². The SMILES string of the molecule is CCCOc1ccc(/C=C/C(=O)OCC(=O)N2CCNC2=O)cc1OCC. The van der Waals surface area contributed by atoms with Crippen molar-refractivity contribution in [1.29, 1.82) is 0 Å². The summed E-state index contributed by atoms with van der Waals surface area (Å²) < 4.78 is 16.1. The van der Waals surface area contributed by atoms with Crippen LogP contribution in [0.5, 0.6) is 11.5 Å². The van der Waals surface area contributed by atoms with E-state index in [1.165, 1.54) is 6.08 Å². The van der Waals surface area contributed by atoms with E-state index >= 15 is 0 Å². The minimum Gasteiger partial charge on any atom is -0.490 e. The first-order valence-electron chi connectivity index (χ1n) is 8.87. The van der Waals surface area contributed by atoms with E-state index in [-0.39, 0.29) is 6.54 Å². The summed E-state index contributed by atoms with van der Waals surface area (Å²) in [6.07, 6.45) is 3.66. The molecule has 1 N–H and O–H groups in total. The molecule has 8 heteroatoms. The second-order valence-corrected chi connectivity index (χ2v) is 5.71. The molecule has 1 aliphatic heterocycles. The van der Waals surface area contributed by atoms with Gasteiger partial charge in [0.05, 0.1) is 13.2 Å². The van der Waals surface area contributed by atoms with Gasteiger partial charge in [-0.25, -0.2) is 9.59 Å². The number of ether oxygens (including phenoxy) is 3. The molecule has 0 aromatic heterocycles. The van der Waals surface area contributed by atoms with Crippen LogP contribution in [0.2, 0.25) is 0 Å². The molecule has 1 saturated heterocycles. The smallest absolute Gasteiger partial charge is 0.331 e. The van der Waals surface area contributed by atoms with E-state index < -0.39 is 24.5 Å². The van der Waals surface area contributed by atoms with Crippen molar-refractivity contribution in [3.05, 3.63) is 29.8 Å². The maximum Gasteiger partial charge on any atom is 0.331 e. The van der Waals surface area contributed by atoms with E-state index in [9.17, 15) is 14.4 Å². The number of nitrogens with zero attached hydrogens (tertiary/aromatic N) is 1. The van der Waals surface area contributed by atoms with E-state index in [4.69, 9.17) is 14.2 Å². The highest BCUT2D eigenvalue weighted by Crippen LogP contribution is 2.29. The van der Waals surface area contributed by atoms with Crippen LogP contribution >= 0.6 is 0 Å². The van der Waals surface area contributed by atoms with Crippen LogP contribution in [0.4, 0.5) is 4.79 Å². The topological polar surface area (TPSA) is 94.2 Å². The van der Waals surface area contributed by atoms with Gasteiger partial charge in [0.15, 0.2) is 18.1 Å². The zero-order chi connectivity index (χ0) is 19.6. The van der Waals surface area contributed by atoms with Crippen LogP contribution in [0.3, 0.4) is 0 Å². The lowest BCUT2D eigenvalue weighted by atomic mass is 10.2. The molecule has 0 bridgehead atoms. The third kappa shape index (κ3) is 6.02. The van der Waals surface area contributed by atoms with E-state index in [0.29, 0.717) is 31.3 Å². The van der Waals surface area contributed by atoms with Crippen molar-refractivity contribution in [2.45, 2.75) is 20.3 Å². The molecule has 8 nitrogen and oxygen atoms in total. The molecular formula is C19H24N2O6. The van der Waals surface area contributed by atoms with E-state index in [2.05, 4.69) is 5.32 Å². The van der Waals surface area contributed by atoms with Crippen molar-refractivity contribution in [1.82, 2.24) is 10.2 Å². The maximum atomic E-state index is 11.8. The lowest BCUT2D eigenvalue weighted by Crippen LogP contribution is -2.37. The first kappa shape index (κ1) is 20.3. The number of carbonyl (C=O) groups excluding carboxylic acids is 3. The third-order valence-electron chi connectivity index (χ3n) is 3.64. The van der Waals surface area contributed by atoms with E-state index in [1.54, 1.807) is 24.3 Å². The molecule has 0 atom stereocenters. The van der Waals surface area contributed by atoms with Crippen LogP contribution in [0.15, 0.2) is 24.3 Å². The fourth-order valence-electron chi connectivity index (χ4n) is 2.36. The molecule has 0 spiro atoms. The number of carbonyl (C=O) groups is 3.